The molecule has 0 saturated carbocycles. The summed E-state index contributed by atoms with van der Waals surface area (Å²) in [6.45, 7) is 4.54. The molecule has 3 aromatic rings. The third-order valence-electron chi connectivity index (χ3n) is 3.07. The molecule has 0 aliphatic carbocycles. The number of rotatable bonds is 2. The zero-order valence-corrected chi connectivity index (χ0v) is 12.3. The third-order valence-corrected chi connectivity index (χ3v) is 3.07. The Morgan fingerprint density at radius 3 is 2.48 bits per heavy atom. The molecule has 110 valence electrons. The smallest absolute Gasteiger partial charge is 0.320 e. The van der Waals surface area contributed by atoms with Gasteiger partial charge in [0.05, 0.1) is 6.33 Å². The molecule has 1 N–H and O–H groups in total. The average molecular weight is 286 g/mol. The molecule has 0 fully saturated rings. The number of aromatic amines is 1. The first kappa shape index (κ1) is 14.8. The average Bonchev–Trinajstić information content (AvgIpc) is 2.92. The van der Waals surface area contributed by atoms with Crippen LogP contribution in [0, 0.1) is 0 Å². The second kappa shape index (κ2) is 6.21. The topological polar surface area (TPSA) is 72.7 Å². The summed E-state index contributed by atoms with van der Waals surface area (Å²) in [6, 6.07) is 9.76. The van der Waals surface area contributed by atoms with Crippen LogP contribution in [-0.4, -0.2) is 19.1 Å². The molecule has 0 spiro atoms. The first-order valence-electron chi connectivity index (χ1n) is 6.85. The Labute approximate surface area is 121 Å². The Bertz CT molecular complexity index is 843. The molecule has 21 heavy (non-hydrogen) atoms. The maximum absolute atomic E-state index is 11.9. The lowest BCUT2D eigenvalue weighted by Gasteiger charge is -2.04. The molecule has 1 aromatic carbocycles. The van der Waals surface area contributed by atoms with Crippen LogP contribution in [-0.2, 0) is 13.6 Å². The number of nitrogens with zero attached hydrogens (tertiary/aromatic N) is 3. The van der Waals surface area contributed by atoms with Gasteiger partial charge < -0.3 is 4.57 Å². The van der Waals surface area contributed by atoms with Gasteiger partial charge in [0, 0.05) is 13.6 Å². The van der Waals surface area contributed by atoms with Crippen molar-refractivity contribution in [1.82, 2.24) is 19.1 Å². The van der Waals surface area contributed by atoms with Crippen molar-refractivity contribution in [1.29, 1.82) is 0 Å². The van der Waals surface area contributed by atoms with E-state index in [2.05, 4.69) is 9.97 Å². The minimum Gasteiger partial charge on any atom is -0.320 e. The molecular formula is C15H18N4O2. The summed E-state index contributed by atoms with van der Waals surface area (Å²) in [6.07, 6.45) is 1.58. The van der Waals surface area contributed by atoms with E-state index in [4.69, 9.17) is 0 Å². The van der Waals surface area contributed by atoms with Crippen LogP contribution in [0.4, 0.5) is 0 Å². The minimum absolute atomic E-state index is 0.393. The van der Waals surface area contributed by atoms with Crippen molar-refractivity contribution in [2.24, 2.45) is 7.05 Å². The first-order chi connectivity index (χ1) is 10.2. The number of hydrogen-bond acceptors (Lipinski definition) is 3. The van der Waals surface area contributed by atoms with E-state index in [1.54, 1.807) is 17.9 Å². The monoisotopic (exact) mass is 286 g/mol. The van der Waals surface area contributed by atoms with E-state index in [1.165, 1.54) is 4.57 Å². The van der Waals surface area contributed by atoms with Crippen LogP contribution in [0.2, 0.25) is 0 Å². The molecule has 0 aliphatic rings. The summed E-state index contributed by atoms with van der Waals surface area (Å²) in [4.78, 5) is 29.8. The van der Waals surface area contributed by atoms with E-state index in [-0.39, 0.29) is 0 Å². The molecular weight excluding hydrogens is 268 g/mol. The summed E-state index contributed by atoms with van der Waals surface area (Å²) >= 11 is 0. The molecule has 0 amide bonds. The predicted molar refractivity (Wildman–Crippen MR) is 82.5 cm³/mol. The number of nitrogens with one attached hydrogen (secondary N) is 1. The highest BCUT2D eigenvalue weighted by Crippen LogP contribution is 2.08. The molecule has 3 rings (SSSR count). The number of imidazole rings is 1. The van der Waals surface area contributed by atoms with E-state index in [9.17, 15) is 9.59 Å². The van der Waals surface area contributed by atoms with E-state index >= 15 is 0 Å². The second-order valence-electron chi connectivity index (χ2n) is 4.35. The molecule has 0 atom stereocenters. The van der Waals surface area contributed by atoms with Crippen LogP contribution in [0.25, 0.3) is 11.2 Å². The highest BCUT2D eigenvalue weighted by atomic mass is 16.2. The zero-order valence-electron chi connectivity index (χ0n) is 12.3. The normalized spacial score (nSPS) is 10.2. The van der Waals surface area contributed by atoms with Crippen LogP contribution in [0.3, 0.4) is 0 Å². The van der Waals surface area contributed by atoms with Gasteiger partial charge in [-0.05, 0) is 5.56 Å². The fraction of sp³-hybridized carbons (Fsp3) is 0.267. The van der Waals surface area contributed by atoms with Crippen molar-refractivity contribution < 1.29 is 0 Å². The van der Waals surface area contributed by atoms with Gasteiger partial charge in [-0.25, -0.2) is 9.78 Å². The second-order valence-corrected chi connectivity index (χ2v) is 4.35. The maximum Gasteiger partial charge on any atom is 0.329 e. The Morgan fingerprint density at radius 1 is 1.14 bits per heavy atom. The van der Waals surface area contributed by atoms with Crippen LogP contribution >= 0.6 is 0 Å². The summed E-state index contributed by atoms with van der Waals surface area (Å²) in [7, 11) is 1.58. The van der Waals surface area contributed by atoms with Crippen LogP contribution in [0.15, 0.2) is 46.2 Å². The van der Waals surface area contributed by atoms with Gasteiger partial charge in [0.2, 0.25) is 0 Å². The van der Waals surface area contributed by atoms with Crippen LogP contribution in [0.1, 0.15) is 19.4 Å². The van der Waals surface area contributed by atoms with Crippen molar-refractivity contribution in [2.45, 2.75) is 20.4 Å². The van der Waals surface area contributed by atoms with E-state index in [1.807, 2.05) is 44.2 Å². The van der Waals surface area contributed by atoms with Crippen molar-refractivity contribution in [3.05, 3.63) is 63.1 Å². The Kier molecular flexibility index (Phi) is 4.37. The van der Waals surface area contributed by atoms with Gasteiger partial charge in [-0.1, -0.05) is 44.2 Å². The van der Waals surface area contributed by atoms with E-state index in [0.29, 0.717) is 17.7 Å². The highest BCUT2D eigenvalue weighted by molar-refractivity contribution is 5.69. The summed E-state index contributed by atoms with van der Waals surface area (Å²) in [5.41, 5.74) is 1.000. The maximum atomic E-state index is 11.9. The molecule has 0 unspecified atom stereocenters. The molecule has 6 nitrogen and oxygen atoms in total. The van der Waals surface area contributed by atoms with Crippen LogP contribution < -0.4 is 11.2 Å². The standard InChI is InChI=1S/C13H12N4O2.C2H6/c1-16-11-10(12(18)15-13(16)19)17(8-14-11)7-9-5-3-2-4-6-9;1-2/h2-6,8H,7H2,1H3,(H,15,18,19);1-2H3. The van der Waals surface area contributed by atoms with Gasteiger partial charge in [0.1, 0.15) is 0 Å². The van der Waals surface area contributed by atoms with Crippen LogP contribution in [0.5, 0.6) is 0 Å². The van der Waals surface area contributed by atoms with Crippen molar-refractivity contribution in [2.75, 3.05) is 0 Å². The quantitative estimate of drug-likeness (QED) is 0.776. The van der Waals surface area contributed by atoms with Crippen molar-refractivity contribution in [3.8, 4) is 0 Å². The van der Waals surface area contributed by atoms with Gasteiger partial charge in [0.25, 0.3) is 5.56 Å². The number of aryl methyl sites for hydroxylation is 1. The third kappa shape index (κ3) is 2.79. The van der Waals surface area contributed by atoms with Gasteiger partial charge in [-0.2, -0.15) is 0 Å². The number of H-pyrrole nitrogens is 1. The number of hydrogen-bond donors (Lipinski definition) is 1. The Hall–Kier alpha value is -2.63. The van der Waals surface area contributed by atoms with Gasteiger partial charge in [0.15, 0.2) is 11.2 Å². The zero-order chi connectivity index (χ0) is 15.4. The van der Waals surface area contributed by atoms with E-state index < -0.39 is 11.2 Å². The fourth-order valence-electron chi connectivity index (χ4n) is 2.09. The molecule has 0 radical (unpaired) electrons. The molecule has 2 aromatic heterocycles. The number of aromatic nitrogens is 4. The van der Waals surface area contributed by atoms with Crippen molar-refractivity contribution in [3.63, 3.8) is 0 Å². The molecule has 2 heterocycles. The Balaban J connectivity index is 0.000000774. The molecule has 0 bridgehead atoms. The summed E-state index contributed by atoms with van der Waals surface area (Å²) in [5.74, 6) is 0. The fourth-order valence-corrected chi connectivity index (χ4v) is 2.09. The summed E-state index contributed by atoms with van der Waals surface area (Å²) in [5, 5.41) is 0. The molecule has 0 saturated heterocycles. The predicted octanol–water partition coefficient (Wildman–Crippen LogP) is 1.50. The lowest BCUT2D eigenvalue weighted by atomic mass is 10.2. The van der Waals surface area contributed by atoms with E-state index in [0.717, 1.165) is 5.56 Å². The van der Waals surface area contributed by atoms with Gasteiger partial charge >= 0.3 is 5.69 Å². The highest BCUT2D eigenvalue weighted by Gasteiger charge is 2.11. The number of fused-ring (bicyclic) bond motifs is 1. The summed E-state index contributed by atoms with van der Waals surface area (Å²) < 4.78 is 3.07. The lowest BCUT2D eigenvalue weighted by molar-refractivity contribution is 0.806. The van der Waals surface area contributed by atoms with Crippen molar-refractivity contribution >= 4 is 11.2 Å². The Morgan fingerprint density at radius 2 is 1.81 bits per heavy atom. The largest absolute Gasteiger partial charge is 0.329 e. The van der Waals surface area contributed by atoms with Gasteiger partial charge in [-0.3, -0.25) is 14.3 Å². The molecule has 6 heteroatoms. The lowest BCUT2D eigenvalue weighted by Crippen LogP contribution is -2.29. The van der Waals surface area contributed by atoms with Gasteiger partial charge in [-0.15, -0.1) is 0 Å². The SMILES string of the molecule is CC.Cn1c(=O)[nH]c(=O)c2c1ncn2Cc1ccccc1. The minimum atomic E-state index is -0.456. The first-order valence-corrected chi connectivity index (χ1v) is 6.85. The number of benzene rings is 1. The molecule has 0 aliphatic heterocycles.